The van der Waals surface area contributed by atoms with Gasteiger partial charge in [-0.15, -0.1) is 0 Å². The number of fused-ring (bicyclic) bond motifs is 1. The Balaban J connectivity index is 2.31. The van der Waals surface area contributed by atoms with Gasteiger partial charge in [0.25, 0.3) is 0 Å². The fraction of sp³-hybridized carbons (Fsp3) is 0.273. The van der Waals surface area contributed by atoms with E-state index in [0.717, 1.165) is 0 Å². The highest BCUT2D eigenvalue weighted by molar-refractivity contribution is 7.89. The summed E-state index contributed by atoms with van der Waals surface area (Å²) in [5, 5.41) is 14.0. The van der Waals surface area contributed by atoms with Gasteiger partial charge in [0, 0.05) is 6.54 Å². The lowest BCUT2D eigenvalue weighted by Gasteiger charge is -2.05. The van der Waals surface area contributed by atoms with Gasteiger partial charge < -0.3 is 9.67 Å². The molecule has 0 saturated heterocycles. The summed E-state index contributed by atoms with van der Waals surface area (Å²) in [5.74, 6) is -1.19. The lowest BCUT2D eigenvalue weighted by molar-refractivity contribution is 0.0698. The van der Waals surface area contributed by atoms with E-state index in [1.807, 2.05) is 0 Å². The molecule has 2 rings (SSSR count). The number of sulfonamides is 1. The van der Waals surface area contributed by atoms with Crippen LogP contribution < -0.4 is 5.14 Å². The number of hydrogen-bond acceptors (Lipinski definition) is 4. The average Bonchev–Trinajstić information content (AvgIpc) is 2.70. The van der Waals surface area contributed by atoms with Gasteiger partial charge >= 0.3 is 5.97 Å². The molecule has 0 radical (unpaired) electrons. The van der Waals surface area contributed by atoms with E-state index >= 15 is 0 Å². The quantitative estimate of drug-likeness (QED) is 0.824. The van der Waals surface area contributed by atoms with E-state index in [4.69, 9.17) is 10.2 Å². The van der Waals surface area contributed by atoms with Crippen molar-refractivity contribution in [3.8, 4) is 0 Å². The highest BCUT2D eigenvalue weighted by Crippen LogP contribution is 2.18. The maximum Gasteiger partial charge on any atom is 0.337 e. The van der Waals surface area contributed by atoms with Crippen molar-refractivity contribution in [1.82, 2.24) is 9.55 Å². The van der Waals surface area contributed by atoms with Crippen LogP contribution in [-0.2, 0) is 16.6 Å². The number of nitrogens with two attached hydrogens (primary N) is 1. The highest BCUT2D eigenvalue weighted by atomic mass is 32.2. The molecule has 2 aromatic rings. The van der Waals surface area contributed by atoms with Gasteiger partial charge in [-0.05, 0) is 18.6 Å². The molecule has 0 aliphatic carbocycles. The number of carboxylic acids is 1. The first-order chi connectivity index (χ1) is 8.88. The molecule has 0 saturated carbocycles. The van der Waals surface area contributed by atoms with Crippen molar-refractivity contribution in [1.29, 1.82) is 0 Å². The average molecular weight is 283 g/mol. The van der Waals surface area contributed by atoms with Crippen LogP contribution >= 0.6 is 0 Å². The van der Waals surface area contributed by atoms with Crippen LogP contribution in [0.1, 0.15) is 16.8 Å². The van der Waals surface area contributed by atoms with E-state index in [-0.39, 0.29) is 11.3 Å². The Labute approximate surface area is 109 Å². The third kappa shape index (κ3) is 3.09. The van der Waals surface area contributed by atoms with Crippen molar-refractivity contribution in [2.45, 2.75) is 13.0 Å². The van der Waals surface area contributed by atoms with Gasteiger partial charge in [0.1, 0.15) is 0 Å². The molecule has 0 amide bonds. The number of aromatic nitrogens is 2. The molecule has 0 bridgehead atoms. The van der Waals surface area contributed by atoms with E-state index in [2.05, 4.69) is 4.98 Å². The van der Waals surface area contributed by atoms with Gasteiger partial charge in [-0.2, -0.15) is 0 Å². The maximum absolute atomic E-state index is 11.1. The number of primary sulfonamides is 1. The Morgan fingerprint density at radius 2 is 2.16 bits per heavy atom. The molecule has 8 heteroatoms. The van der Waals surface area contributed by atoms with Gasteiger partial charge in [-0.3, -0.25) is 0 Å². The highest BCUT2D eigenvalue weighted by Gasteiger charge is 2.13. The fourth-order valence-corrected chi connectivity index (χ4v) is 2.44. The van der Waals surface area contributed by atoms with Crippen molar-refractivity contribution in [2.24, 2.45) is 5.14 Å². The van der Waals surface area contributed by atoms with Crippen LogP contribution in [0.4, 0.5) is 0 Å². The third-order valence-corrected chi connectivity index (χ3v) is 3.55. The second kappa shape index (κ2) is 4.98. The SMILES string of the molecule is NS(=O)(=O)CCCn1cnc2cccc(C(=O)O)c21. The van der Waals surface area contributed by atoms with E-state index in [1.165, 1.54) is 12.4 Å². The van der Waals surface area contributed by atoms with Crippen molar-refractivity contribution < 1.29 is 18.3 Å². The van der Waals surface area contributed by atoms with Gasteiger partial charge in [0.2, 0.25) is 10.0 Å². The van der Waals surface area contributed by atoms with E-state index in [0.29, 0.717) is 24.0 Å². The molecule has 7 nitrogen and oxygen atoms in total. The number of imidazole rings is 1. The first kappa shape index (κ1) is 13.5. The summed E-state index contributed by atoms with van der Waals surface area (Å²) in [4.78, 5) is 15.2. The van der Waals surface area contributed by atoms with Gasteiger partial charge in [0.15, 0.2) is 0 Å². The van der Waals surface area contributed by atoms with Crippen LogP contribution in [0.3, 0.4) is 0 Å². The second-order valence-electron chi connectivity index (χ2n) is 4.14. The number of benzene rings is 1. The van der Waals surface area contributed by atoms with Crippen LogP contribution in [0.2, 0.25) is 0 Å². The van der Waals surface area contributed by atoms with Crippen molar-refractivity contribution in [3.05, 3.63) is 30.1 Å². The molecule has 0 atom stereocenters. The zero-order chi connectivity index (χ0) is 14.0. The predicted molar refractivity (Wildman–Crippen MR) is 69.3 cm³/mol. The van der Waals surface area contributed by atoms with E-state index in [9.17, 15) is 13.2 Å². The van der Waals surface area contributed by atoms with Gasteiger partial charge in [-0.25, -0.2) is 23.3 Å². The van der Waals surface area contributed by atoms with Crippen molar-refractivity contribution >= 4 is 27.0 Å². The molecule has 0 aliphatic rings. The minimum Gasteiger partial charge on any atom is -0.478 e. The standard InChI is InChI=1S/C11H13N3O4S/c12-19(17,18)6-2-5-14-7-13-9-4-1-3-8(10(9)14)11(15)16/h1,3-4,7H,2,5-6H2,(H,15,16)(H2,12,17,18). The molecule has 1 heterocycles. The predicted octanol–water partition coefficient (Wildman–Crippen LogP) is 0.413. The van der Waals surface area contributed by atoms with Crippen LogP contribution in [-0.4, -0.2) is 34.8 Å². The van der Waals surface area contributed by atoms with Crippen LogP contribution in [0.5, 0.6) is 0 Å². The molecule has 0 aliphatic heterocycles. The summed E-state index contributed by atoms with van der Waals surface area (Å²) in [6, 6.07) is 4.81. The number of aryl methyl sites for hydroxylation is 1. The zero-order valence-corrected chi connectivity index (χ0v) is 10.8. The molecule has 102 valence electrons. The van der Waals surface area contributed by atoms with Crippen molar-refractivity contribution in [2.75, 3.05) is 5.75 Å². The molecular weight excluding hydrogens is 270 g/mol. The van der Waals surface area contributed by atoms with Crippen LogP contribution in [0.15, 0.2) is 24.5 Å². The van der Waals surface area contributed by atoms with Crippen molar-refractivity contribution in [3.63, 3.8) is 0 Å². The van der Waals surface area contributed by atoms with Crippen LogP contribution in [0.25, 0.3) is 11.0 Å². The number of nitrogens with zero attached hydrogens (tertiary/aromatic N) is 2. The van der Waals surface area contributed by atoms with Gasteiger partial charge in [0.05, 0.1) is 28.7 Å². The number of aromatic carboxylic acids is 1. The number of rotatable bonds is 5. The topological polar surface area (TPSA) is 115 Å². The van der Waals surface area contributed by atoms with E-state index < -0.39 is 16.0 Å². The summed E-state index contributed by atoms with van der Waals surface area (Å²) in [6.45, 7) is 0.344. The molecule has 1 aromatic carbocycles. The minimum atomic E-state index is -3.51. The Hall–Kier alpha value is -1.93. The summed E-state index contributed by atoms with van der Waals surface area (Å²) in [7, 11) is -3.51. The largest absolute Gasteiger partial charge is 0.478 e. The Morgan fingerprint density at radius 3 is 2.79 bits per heavy atom. The number of para-hydroxylation sites is 1. The van der Waals surface area contributed by atoms with Crippen LogP contribution in [0, 0.1) is 0 Å². The number of carbonyl (C=O) groups is 1. The first-order valence-electron chi connectivity index (χ1n) is 5.56. The van der Waals surface area contributed by atoms with Gasteiger partial charge in [-0.1, -0.05) is 6.07 Å². The molecule has 1 aromatic heterocycles. The summed E-state index contributed by atoms with van der Waals surface area (Å²) in [5.41, 5.74) is 1.20. The normalized spacial score (nSPS) is 11.8. The number of carboxylic acid groups (broad SMARTS) is 1. The minimum absolute atomic E-state index is 0.144. The zero-order valence-electron chi connectivity index (χ0n) is 9.98. The van der Waals surface area contributed by atoms with E-state index in [1.54, 1.807) is 16.7 Å². The molecule has 0 unspecified atom stereocenters. The molecule has 0 spiro atoms. The monoisotopic (exact) mass is 283 g/mol. The fourth-order valence-electron chi connectivity index (χ4n) is 1.91. The number of hydrogen-bond donors (Lipinski definition) is 2. The third-order valence-electron chi connectivity index (χ3n) is 2.70. The summed E-state index contributed by atoms with van der Waals surface area (Å²) < 4.78 is 23.3. The molecule has 19 heavy (non-hydrogen) atoms. The maximum atomic E-state index is 11.1. The Kier molecular flexibility index (Phi) is 3.54. The lowest BCUT2D eigenvalue weighted by Crippen LogP contribution is -2.17. The molecule has 0 fully saturated rings. The first-order valence-corrected chi connectivity index (χ1v) is 7.27. The summed E-state index contributed by atoms with van der Waals surface area (Å²) in [6.07, 6.45) is 1.80. The lowest BCUT2D eigenvalue weighted by atomic mass is 10.2. The molecule has 3 N–H and O–H groups in total. The summed E-state index contributed by atoms with van der Waals surface area (Å²) >= 11 is 0. The smallest absolute Gasteiger partial charge is 0.337 e. The Bertz CT molecular complexity index is 721. The Morgan fingerprint density at radius 1 is 1.42 bits per heavy atom. The molecular formula is C11H13N3O4S. The second-order valence-corrected chi connectivity index (χ2v) is 5.87.